The third kappa shape index (κ3) is 2.43. The van der Waals surface area contributed by atoms with Gasteiger partial charge in [0.05, 0.1) is 5.60 Å². The molecule has 1 N–H and O–H groups in total. The first-order valence-electron chi connectivity index (χ1n) is 7.04. The summed E-state index contributed by atoms with van der Waals surface area (Å²) in [6.45, 7) is 2.09. The molecule has 0 bridgehead atoms. The number of hydrogen-bond acceptors (Lipinski definition) is 1. The Kier molecular flexibility index (Phi) is 3.16. The smallest absolute Gasteiger partial charge is 0.0939 e. The van der Waals surface area contributed by atoms with Gasteiger partial charge in [-0.05, 0) is 42.9 Å². The van der Waals surface area contributed by atoms with Crippen LogP contribution in [-0.4, -0.2) is 5.11 Å². The van der Waals surface area contributed by atoms with Gasteiger partial charge in [0.15, 0.2) is 0 Å². The van der Waals surface area contributed by atoms with Crippen molar-refractivity contribution in [2.75, 3.05) is 0 Å². The third-order valence-electron chi connectivity index (χ3n) is 4.17. The summed E-state index contributed by atoms with van der Waals surface area (Å²) in [5.41, 5.74) is 4.22. The van der Waals surface area contributed by atoms with E-state index in [2.05, 4.69) is 49.4 Å². The van der Waals surface area contributed by atoms with Crippen LogP contribution < -0.4 is 0 Å². The molecule has 1 unspecified atom stereocenters. The molecule has 1 nitrogen and oxygen atoms in total. The number of fused-ring (bicyclic) bond motifs is 1. The molecule has 1 atom stereocenters. The van der Waals surface area contributed by atoms with Crippen LogP contribution in [-0.2, 0) is 18.4 Å². The van der Waals surface area contributed by atoms with E-state index in [1.165, 1.54) is 16.7 Å². The van der Waals surface area contributed by atoms with E-state index in [-0.39, 0.29) is 0 Å². The Balaban J connectivity index is 1.93. The number of aliphatic hydroxyl groups is 1. The molecule has 0 saturated heterocycles. The van der Waals surface area contributed by atoms with Crippen molar-refractivity contribution in [1.82, 2.24) is 0 Å². The van der Waals surface area contributed by atoms with Crippen molar-refractivity contribution in [3.8, 4) is 0 Å². The molecule has 1 heteroatoms. The van der Waals surface area contributed by atoms with Gasteiger partial charge in [-0.1, -0.05) is 54.1 Å². The summed E-state index contributed by atoms with van der Waals surface area (Å²) in [4.78, 5) is 0. The van der Waals surface area contributed by atoms with Crippen LogP contribution in [0.4, 0.5) is 0 Å². The van der Waals surface area contributed by atoms with Crippen LogP contribution in [0.3, 0.4) is 0 Å². The maximum absolute atomic E-state index is 11.0. The minimum atomic E-state index is -0.690. The molecular weight excluding hydrogens is 232 g/mol. The fourth-order valence-corrected chi connectivity index (χ4v) is 3.13. The summed E-state index contributed by atoms with van der Waals surface area (Å²) in [5, 5.41) is 11.0. The molecule has 3 rings (SSSR count). The fourth-order valence-electron chi connectivity index (χ4n) is 3.13. The van der Waals surface area contributed by atoms with Gasteiger partial charge < -0.3 is 5.11 Å². The van der Waals surface area contributed by atoms with E-state index in [4.69, 9.17) is 0 Å². The van der Waals surface area contributed by atoms with E-state index in [0.717, 1.165) is 24.8 Å². The Bertz CT molecular complexity index is 570. The molecule has 2 aromatic carbocycles. The molecule has 0 aliphatic heterocycles. The number of benzene rings is 2. The first kappa shape index (κ1) is 12.4. The van der Waals surface area contributed by atoms with Crippen LogP contribution in [0.2, 0.25) is 0 Å². The summed E-state index contributed by atoms with van der Waals surface area (Å²) in [6.07, 6.45) is 3.73. The van der Waals surface area contributed by atoms with Gasteiger partial charge in [-0.3, -0.25) is 0 Å². The maximum atomic E-state index is 11.0. The second-order valence-corrected chi connectivity index (χ2v) is 5.70. The zero-order valence-corrected chi connectivity index (χ0v) is 11.4. The zero-order valence-electron chi connectivity index (χ0n) is 11.4. The van der Waals surface area contributed by atoms with Crippen molar-refractivity contribution in [2.24, 2.45) is 0 Å². The summed E-state index contributed by atoms with van der Waals surface area (Å²) in [5.74, 6) is 0. The highest BCUT2D eigenvalue weighted by Crippen LogP contribution is 2.37. The average Bonchev–Trinajstić information content (AvgIpc) is 2.42. The topological polar surface area (TPSA) is 20.2 Å². The molecule has 0 heterocycles. The van der Waals surface area contributed by atoms with E-state index >= 15 is 0 Å². The number of hydrogen-bond donors (Lipinski definition) is 1. The second-order valence-electron chi connectivity index (χ2n) is 5.70. The lowest BCUT2D eigenvalue weighted by atomic mass is 9.76. The molecule has 2 aromatic rings. The van der Waals surface area contributed by atoms with Gasteiger partial charge >= 0.3 is 0 Å². The monoisotopic (exact) mass is 252 g/mol. The molecule has 1 aliphatic rings. The standard InChI is InChI=1S/C18H20O/c1-14-8-10-15(11-9-14)13-18(19)12-4-6-16-5-2-3-7-17(16)18/h2-3,5,7-11,19H,4,6,12-13H2,1H3. The van der Waals surface area contributed by atoms with Gasteiger partial charge in [0.2, 0.25) is 0 Å². The van der Waals surface area contributed by atoms with Gasteiger partial charge in [0, 0.05) is 6.42 Å². The van der Waals surface area contributed by atoms with Crippen molar-refractivity contribution in [1.29, 1.82) is 0 Å². The Hall–Kier alpha value is -1.60. The van der Waals surface area contributed by atoms with Crippen molar-refractivity contribution in [3.63, 3.8) is 0 Å². The van der Waals surface area contributed by atoms with Gasteiger partial charge in [-0.25, -0.2) is 0 Å². The normalized spacial score (nSPS) is 22.0. The van der Waals surface area contributed by atoms with Gasteiger partial charge in [0.1, 0.15) is 0 Å². The first-order chi connectivity index (χ1) is 9.17. The zero-order chi connectivity index (χ0) is 13.3. The van der Waals surface area contributed by atoms with Gasteiger partial charge in [0.25, 0.3) is 0 Å². The van der Waals surface area contributed by atoms with Gasteiger partial charge in [-0.15, -0.1) is 0 Å². The van der Waals surface area contributed by atoms with Crippen LogP contribution in [0.1, 0.15) is 35.1 Å². The molecule has 98 valence electrons. The highest BCUT2D eigenvalue weighted by Gasteiger charge is 2.33. The van der Waals surface area contributed by atoms with Crippen LogP contribution in [0.15, 0.2) is 48.5 Å². The van der Waals surface area contributed by atoms with Crippen LogP contribution in [0, 0.1) is 6.92 Å². The van der Waals surface area contributed by atoms with E-state index in [1.807, 2.05) is 6.07 Å². The van der Waals surface area contributed by atoms with Gasteiger partial charge in [-0.2, -0.15) is 0 Å². The fraction of sp³-hybridized carbons (Fsp3) is 0.333. The van der Waals surface area contributed by atoms with Crippen LogP contribution in [0.25, 0.3) is 0 Å². The lowest BCUT2D eigenvalue weighted by Crippen LogP contribution is -2.32. The van der Waals surface area contributed by atoms with Crippen molar-refractivity contribution >= 4 is 0 Å². The maximum Gasteiger partial charge on any atom is 0.0939 e. The van der Waals surface area contributed by atoms with Crippen LogP contribution >= 0.6 is 0 Å². The molecule has 19 heavy (non-hydrogen) atoms. The Morgan fingerprint density at radius 1 is 1.05 bits per heavy atom. The molecule has 0 fully saturated rings. The van der Waals surface area contributed by atoms with E-state index < -0.39 is 5.60 Å². The van der Waals surface area contributed by atoms with E-state index in [0.29, 0.717) is 6.42 Å². The van der Waals surface area contributed by atoms with Crippen molar-refractivity contribution in [2.45, 2.75) is 38.2 Å². The first-order valence-corrected chi connectivity index (χ1v) is 7.04. The summed E-state index contributed by atoms with van der Waals surface area (Å²) < 4.78 is 0. The highest BCUT2D eigenvalue weighted by molar-refractivity contribution is 5.36. The third-order valence-corrected chi connectivity index (χ3v) is 4.17. The Morgan fingerprint density at radius 3 is 2.58 bits per heavy atom. The second kappa shape index (κ2) is 4.82. The lowest BCUT2D eigenvalue weighted by molar-refractivity contribution is 0.0190. The Labute approximate surface area is 114 Å². The highest BCUT2D eigenvalue weighted by atomic mass is 16.3. The number of aryl methyl sites for hydroxylation is 2. The van der Waals surface area contributed by atoms with E-state index in [1.54, 1.807) is 0 Å². The molecule has 0 radical (unpaired) electrons. The number of rotatable bonds is 2. The largest absolute Gasteiger partial charge is 0.385 e. The quantitative estimate of drug-likeness (QED) is 0.862. The molecule has 1 aliphatic carbocycles. The average molecular weight is 252 g/mol. The summed E-state index contributed by atoms with van der Waals surface area (Å²) >= 11 is 0. The molecule has 0 amide bonds. The predicted octanol–water partition coefficient (Wildman–Crippen LogP) is 3.76. The van der Waals surface area contributed by atoms with E-state index in [9.17, 15) is 5.11 Å². The molecule has 0 saturated carbocycles. The molecule has 0 spiro atoms. The minimum Gasteiger partial charge on any atom is -0.385 e. The molecule has 0 aromatic heterocycles. The Morgan fingerprint density at radius 2 is 1.79 bits per heavy atom. The van der Waals surface area contributed by atoms with Crippen LogP contribution in [0.5, 0.6) is 0 Å². The minimum absolute atomic E-state index is 0.690. The summed E-state index contributed by atoms with van der Waals surface area (Å²) in [7, 11) is 0. The van der Waals surface area contributed by atoms with Crippen molar-refractivity contribution in [3.05, 3.63) is 70.8 Å². The SMILES string of the molecule is Cc1ccc(CC2(O)CCCc3ccccc32)cc1. The lowest BCUT2D eigenvalue weighted by Gasteiger charge is -2.34. The summed E-state index contributed by atoms with van der Waals surface area (Å²) in [6, 6.07) is 16.8. The predicted molar refractivity (Wildman–Crippen MR) is 78.2 cm³/mol. The van der Waals surface area contributed by atoms with Crippen molar-refractivity contribution < 1.29 is 5.11 Å². The molecular formula is C18H20O.